The SMILES string of the molecule is C[C@@H]1[C@H]2C[C@@H](C[C@H]1NC1=NC(=Cc3c[nH]c4ncccc34)C(=O)N1)C2(C)C.Cl.Cl. The number of carbonyl (C=O) groups excluding carboxylic acids is 1. The minimum atomic E-state index is -0.162. The predicted molar refractivity (Wildman–Crippen MR) is 120 cm³/mol. The summed E-state index contributed by atoms with van der Waals surface area (Å²) in [5, 5.41) is 7.37. The number of aliphatic imine (C=N–C) groups is 1. The van der Waals surface area contributed by atoms with E-state index in [1.807, 2.05) is 24.4 Å². The zero-order valence-electron chi connectivity index (χ0n) is 16.7. The van der Waals surface area contributed by atoms with Gasteiger partial charge in [-0.05, 0) is 54.2 Å². The molecule has 0 radical (unpaired) electrons. The first-order chi connectivity index (χ1) is 12.9. The highest BCUT2D eigenvalue weighted by molar-refractivity contribution is 6.14. The van der Waals surface area contributed by atoms with Gasteiger partial charge in [0, 0.05) is 29.4 Å². The van der Waals surface area contributed by atoms with Crippen molar-refractivity contribution >= 4 is 53.8 Å². The van der Waals surface area contributed by atoms with Gasteiger partial charge in [0.05, 0.1) is 0 Å². The van der Waals surface area contributed by atoms with E-state index in [-0.39, 0.29) is 30.7 Å². The fourth-order valence-corrected chi connectivity index (χ4v) is 5.30. The minimum absolute atomic E-state index is 0. The monoisotopic (exact) mass is 435 g/mol. The van der Waals surface area contributed by atoms with Crippen molar-refractivity contribution in [3.05, 3.63) is 35.8 Å². The maximum absolute atomic E-state index is 12.4. The lowest BCUT2D eigenvalue weighted by atomic mass is 9.45. The highest BCUT2D eigenvalue weighted by Gasteiger charge is 2.56. The molecule has 0 spiro atoms. The van der Waals surface area contributed by atoms with Crippen molar-refractivity contribution in [2.24, 2.45) is 28.2 Å². The van der Waals surface area contributed by atoms with Gasteiger partial charge >= 0.3 is 0 Å². The highest BCUT2D eigenvalue weighted by Crippen LogP contribution is 2.61. The number of aromatic amines is 1. The number of nitrogens with zero attached hydrogens (tertiary/aromatic N) is 2. The topological polar surface area (TPSA) is 82.2 Å². The molecule has 29 heavy (non-hydrogen) atoms. The molecule has 4 atom stereocenters. The zero-order valence-corrected chi connectivity index (χ0v) is 18.4. The second-order valence-electron chi connectivity index (χ2n) is 8.79. The van der Waals surface area contributed by atoms with Crippen LogP contribution in [0.25, 0.3) is 17.1 Å². The van der Waals surface area contributed by atoms with Crippen LogP contribution in [-0.4, -0.2) is 27.9 Å². The summed E-state index contributed by atoms with van der Waals surface area (Å²) >= 11 is 0. The Balaban J connectivity index is 0.00000120. The molecule has 0 saturated heterocycles. The fourth-order valence-electron chi connectivity index (χ4n) is 5.30. The summed E-state index contributed by atoms with van der Waals surface area (Å²) in [6, 6.07) is 4.25. The molecule has 2 aromatic heterocycles. The van der Waals surface area contributed by atoms with Crippen molar-refractivity contribution in [3.8, 4) is 0 Å². The summed E-state index contributed by atoms with van der Waals surface area (Å²) in [6.45, 7) is 7.11. The molecule has 8 heteroatoms. The molecular formula is C21H27Cl2N5O. The summed E-state index contributed by atoms with van der Waals surface area (Å²) in [4.78, 5) is 24.3. The number of amides is 1. The van der Waals surface area contributed by atoms with E-state index in [9.17, 15) is 4.79 Å². The lowest BCUT2D eigenvalue weighted by Gasteiger charge is -2.62. The molecule has 3 N–H and O–H groups in total. The molecule has 3 heterocycles. The van der Waals surface area contributed by atoms with Gasteiger partial charge in [-0.15, -0.1) is 24.8 Å². The van der Waals surface area contributed by atoms with E-state index in [1.165, 1.54) is 6.42 Å². The average Bonchev–Trinajstić information content (AvgIpc) is 3.20. The van der Waals surface area contributed by atoms with E-state index in [1.54, 1.807) is 6.20 Å². The van der Waals surface area contributed by atoms with Crippen molar-refractivity contribution in [3.63, 3.8) is 0 Å². The highest BCUT2D eigenvalue weighted by atomic mass is 35.5. The van der Waals surface area contributed by atoms with Gasteiger partial charge in [-0.25, -0.2) is 9.98 Å². The molecule has 156 valence electrons. The first kappa shape index (κ1) is 21.7. The molecule has 3 aliphatic carbocycles. The van der Waals surface area contributed by atoms with Crippen LogP contribution >= 0.6 is 24.8 Å². The Morgan fingerprint density at radius 3 is 2.79 bits per heavy atom. The predicted octanol–water partition coefficient (Wildman–Crippen LogP) is 3.89. The Labute approximate surface area is 182 Å². The summed E-state index contributed by atoms with van der Waals surface area (Å²) < 4.78 is 0. The maximum Gasteiger partial charge on any atom is 0.276 e. The molecule has 2 aromatic rings. The summed E-state index contributed by atoms with van der Waals surface area (Å²) in [5.74, 6) is 2.52. The van der Waals surface area contributed by atoms with Gasteiger partial charge in [0.15, 0.2) is 0 Å². The third kappa shape index (κ3) is 3.42. The van der Waals surface area contributed by atoms with E-state index in [2.05, 4.69) is 46.4 Å². The number of halogens is 2. The molecule has 6 nitrogen and oxygen atoms in total. The van der Waals surface area contributed by atoms with Crippen molar-refractivity contribution in [1.82, 2.24) is 20.6 Å². The summed E-state index contributed by atoms with van der Waals surface area (Å²) in [6.07, 6.45) is 7.90. The van der Waals surface area contributed by atoms with Gasteiger partial charge in [-0.1, -0.05) is 20.8 Å². The molecule has 1 amide bonds. The van der Waals surface area contributed by atoms with Gasteiger partial charge < -0.3 is 10.3 Å². The number of H-pyrrole nitrogens is 1. The smallest absolute Gasteiger partial charge is 0.276 e. The number of hydrogen-bond donors (Lipinski definition) is 3. The van der Waals surface area contributed by atoms with Gasteiger partial charge in [0.2, 0.25) is 5.96 Å². The number of nitrogens with one attached hydrogen (secondary N) is 3. The summed E-state index contributed by atoms with van der Waals surface area (Å²) in [5.41, 5.74) is 2.61. The second-order valence-corrected chi connectivity index (χ2v) is 8.79. The Bertz CT molecular complexity index is 996. The number of hydrogen-bond acceptors (Lipinski definition) is 4. The summed E-state index contributed by atoms with van der Waals surface area (Å²) in [7, 11) is 0. The Morgan fingerprint density at radius 1 is 1.28 bits per heavy atom. The minimum Gasteiger partial charge on any atom is -0.353 e. The van der Waals surface area contributed by atoms with Crippen LogP contribution in [0.15, 0.2) is 35.2 Å². The molecule has 3 saturated carbocycles. The van der Waals surface area contributed by atoms with Gasteiger partial charge in [0.25, 0.3) is 5.91 Å². The van der Waals surface area contributed by atoms with Crippen LogP contribution < -0.4 is 10.6 Å². The normalized spacial score (nSPS) is 30.7. The van der Waals surface area contributed by atoms with Crippen molar-refractivity contribution in [1.29, 1.82) is 0 Å². The maximum atomic E-state index is 12.4. The Kier molecular flexibility index (Phi) is 5.71. The average molecular weight is 436 g/mol. The first-order valence-corrected chi connectivity index (χ1v) is 9.74. The van der Waals surface area contributed by atoms with Gasteiger partial charge in [0.1, 0.15) is 11.3 Å². The molecule has 0 aromatic carbocycles. The lowest BCUT2D eigenvalue weighted by molar-refractivity contribution is -0.116. The van der Waals surface area contributed by atoms with Crippen molar-refractivity contribution in [2.75, 3.05) is 0 Å². The van der Waals surface area contributed by atoms with Gasteiger partial charge in [-0.3, -0.25) is 10.1 Å². The van der Waals surface area contributed by atoms with Crippen LogP contribution in [-0.2, 0) is 4.79 Å². The van der Waals surface area contributed by atoms with Crippen LogP contribution in [0.4, 0.5) is 0 Å². The standard InChI is InChI=1S/C21H25N5O.2ClH/c1-11-15-8-13(21(15,2)3)9-16(11)24-20-25-17(19(27)26-20)7-12-10-23-18-14(12)5-4-6-22-18;;/h4-7,10-11,13,15-16H,8-9H2,1-3H3,(H,22,23)(H2,24,25,26,27);2*1H/t11-,13+,15-,16-;;/m1../s1. The van der Waals surface area contributed by atoms with Crippen molar-refractivity contribution in [2.45, 2.75) is 39.7 Å². The Hall–Kier alpha value is -2.05. The van der Waals surface area contributed by atoms with E-state index >= 15 is 0 Å². The van der Waals surface area contributed by atoms with Crippen molar-refractivity contribution < 1.29 is 4.79 Å². The van der Waals surface area contributed by atoms with Crippen LogP contribution in [0.3, 0.4) is 0 Å². The molecule has 4 aliphatic rings. The largest absolute Gasteiger partial charge is 0.353 e. The molecular weight excluding hydrogens is 409 g/mol. The Morgan fingerprint density at radius 2 is 2.07 bits per heavy atom. The number of carbonyl (C=O) groups is 1. The molecule has 0 unspecified atom stereocenters. The number of fused-ring (bicyclic) bond motifs is 3. The van der Waals surface area contributed by atoms with Gasteiger partial charge in [-0.2, -0.15) is 0 Å². The first-order valence-electron chi connectivity index (χ1n) is 9.74. The zero-order chi connectivity index (χ0) is 18.8. The third-order valence-corrected chi connectivity index (χ3v) is 7.15. The van der Waals surface area contributed by atoms with E-state index in [0.29, 0.717) is 29.0 Å². The van der Waals surface area contributed by atoms with E-state index < -0.39 is 0 Å². The van der Waals surface area contributed by atoms with Crippen LogP contribution in [0.1, 0.15) is 39.2 Å². The number of pyridine rings is 1. The van der Waals surface area contributed by atoms with E-state index in [4.69, 9.17) is 0 Å². The van der Waals surface area contributed by atoms with Crippen LogP contribution in [0.5, 0.6) is 0 Å². The quantitative estimate of drug-likeness (QED) is 0.625. The number of aromatic nitrogens is 2. The van der Waals surface area contributed by atoms with E-state index in [0.717, 1.165) is 34.9 Å². The number of guanidine groups is 1. The fraction of sp³-hybridized carbons (Fsp3) is 0.476. The third-order valence-electron chi connectivity index (χ3n) is 7.15. The molecule has 6 rings (SSSR count). The molecule has 3 fully saturated rings. The number of rotatable bonds is 2. The van der Waals surface area contributed by atoms with Crippen LogP contribution in [0, 0.1) is 23.2 Å². The van der Waals surface area contributed by atoms with Crippen LogP contribution in [0.2, 0.25) is 0 Å². The lowest BCUT2D eigenvalue weighted by Crippen LogP contribution is -2.61. The second kappa shape index (κ2) is 7.65. The molecule has 1 aliphatic heterocycles. The molecule has 2 bridgehead atoms.